The molecule has 1 atom stereocenters. The normalized spacial score (nSPS) is 16.4. The lowest BCUT2D eigenvalue weighted by atomic mass is 10.0. The van der Waals surface area contributed by atoms with Crippen LogP contribution >= 0.6 is 0 Å². The van der Waals surface area contributed by atoms with Crippen molar-refractivity contribution in [2.75, 3.05) is 13.1 Å². The van der Waals surface area contributed by atoms with E-state index in [1.54, 1.807) is 0 Å². The Kier molecular flexibility index (Phi) is 6.45. The van der Waals surface area contributed by atoms with Crippen LogP contribution in [0.25, 0.3) is 11.4 Å². The Morgan fingerprint density at radius 1 is 1.12 bits per heavy atom. The fourth-order valence-corrected chi connectivity index (χ4v) is 3.76. The van der Waals surface area contributed by atoms with Crippen molar-refractivity contribution in [3.05, 3.63) is 71.2 Å². The fourth-order valence-electron chi connectivity index (χ4n) is 3.76. The first-order valence-electron chi connectivity index (χ1n) is 10.4. The molecule has 0 spiro atoms. The van der Waals surface area contributed by atoms with E-state index >= 15 is 0 Å². The summed E-state index contributed by atoms with van der Waals surface area (Å²) in [5, 5.41) is 0. The summed E-state index contributed by atoms with van der Waals surface area (Å²) in [6, 6.07) is 4.91. The third-order valence-electron chi connectivity index (χ3n) is 5.39. The predicted molar refractivity (Wildman–Crippen MR) is 111 cm³/mol. The van der Waals surface area contributed by atoms with Gasteiger partial charge in [0, 0.05) is 18.3 Å². The number of pyridine rings is 1. The van der Waals surface area contributed by atoms with Crippen LogP contribution in [0.2, 0.25) is 0 Å². The zero-order chi connectivity index (χ0) is 24.5. The first kappa shape index (κ1) is 23.5. The molecule has 1 amide bonds. The summed E-state index contributed by atoms with van der Waals surface area (Å²) >= 11 is 0. The Morgan fingerprint density at radius 3 is 2.53 bits per heavy atom. The van der Waals surface area contributed by atoms with Crippen molar-refractivity contribution in [1.82, 2.24) is 19.9 Å². The third-order valence-corrected chi connectivity index (χ3v) is 5.39. The maximum Gasteiger partial charge on any atom is 0.417 e. The average molecular weight is 478 g/mol. The van der Waals surface area contributed by atoms with Crippen molar-refractivity contribution in [1.29, 1.82) is 0 Å². The number of ether oxygens (including phenoxy) is 1. The Bertz CT molecular complexity index is 1200. The summed E-state index contributed by atoms with van der Waals surface area (Å²) in [6.07, 6.45) is -1.44. The molecule has 0 unspecified atom stereocenters. The molecule has 11 heteroatoms. The summed E-state index contributed by atoms with van der Waals surface area (Å²) in [7, 11) is 0. The first-order chi connectivity index (χ1) is 16.1. The number of benzene rings is 1. The van der Waals surface area contributed by atoms with Gasteiger partial charge in [-0.1, -0.05) is 6.07 Å². The Labute approximate surface area is 191 Å². The highest BCUT2D eigenvalue weighted by Crippen LogP contribution is 2.32. The number of aromatic nitrogens is 3. The number of alkyl halides is 3. The second kappa shape index (κ2) is 9.32. The topological polar surface area (TPSA) is 68.2 Å². The third kappa shape index (κ3) is 4.97. The van der Waals surface area contributed by atoms with E-state index in [0.717, 1.165) is 24.5 Å². The molecule has 0 saturated carbocycles. The molecule has 0 bridgehead atoms. The molecular weight excluding hydrogens is 459 g/mol. The molecule has 34 heavy (non-hydrogen) atoms. The molecule has 6 nitrogen and oxygen atoms in total. The lowest BCUT2D eigenvalue weighted by molar-refractivity contribution is -0.137. The van der Waals surface area contributed by atoms with Crippen LogP contribution in [0.3, 0.4) is 0 Å². The number of carbonyl (C=O) groups excluding carboxylic acids is 1. The summed E-state index contributed by atoms with van der Waals surface area (Å²) in [5.41, 5.74) is -0.787. The van der Waals surface area contributed by atoms with Crippen LogP contribution in [-0.4, -0.2) is 45.0 Å². The van der Waals surface area contributed by atoms with E-state index < -0.39 is 35.4 Å². The second-order valence-corrected chi connectivity index (χ2v) is 7.86. The van der Waals surface area contributed by atoms with Gasteiger partial charge >= 0.3 is 6.18 Å². The Balaban J connectivity index is 1.54. The van der Waals surface area contributed by atoms with Crippen molar-refractivity contribution in [3.8, 4) is 17.3 Å². The Morgan fingerprint density at radius 2 is 1.85 bits per heavy atom. The van der Waals surface area contributed by atoms with Crippen molar-refractivity contribution >= 4 is 5.91 Å². The minimum Gasteiger partial charge on any atom is -0.472 e. The highest BCUT2D eigenvalue weighted by molar-refractivity contribution is 6.00. The Hall–Kier alpha value is -3.63. The van der Waals surface area contributed by atoms with E-state index in [1.807, 2.05) is 0 Å². The van der Waals surface area contributed by atoms with E-state index in [2.05, 4.69) is 15.0 Å². The number of aryl methyl sites for hydroxylation is 1. The number of halogens is 5. The van der Waals surface area contributed by atoms with E-state index in [1.165, 1.54) is 24.0 Å². The second-order valence-electron chi connectivity index (χ2n) is 7.86. The fraction of sp³-hybridized carbons (Fsp3) is 0.304. The van der Waals surface area contributed by atoms with Crippen molar-refractivity contribution < 1.29 is 31.5 Å². The molecule has 0 radical (unpaired) electrons. The number of nitrogens with zero attached hydrogens (tertiary/aromatic N) is 4. The molecule has 1 aliphatic heterocycles. The molecule has 1 aromatic carbocycles. The molecule has 2 aromatic heterocycles. The summed E-state index contributed by atoms with van der Waals surface area (Å²) in [4.78, 5) is 26.1. The predicted octanol–water partition coefficient (Wildman–Crippen LogP) is 4.83. The van der Waals surface area contributed by atoms with E-state index in [9.17, 15) is 26.7 Å². The van der Waals surface area contributed by atoms with E-state index in [0.29, 0.717) is 25.6 Å². The van der Waals surface area contributed by atoms with Crippen LogP contribution in [0.5, 0.6) is 5.88 Å². The van der Waals surface area contributed by atoms with Crippen molar-refractivity contribution in [3.63, 3.8) is 0 Å². The number of amides is 1. The SMILES string of the molecule is Cc1cc(C(F)(F)F)cnc1O[C@@H]1CCCN(C(=O)c2cccc(F)c2-c2ncc(F)cn2)C1. The van der Waals surface area contributed by atoms with Crippen LogP contribution < -0.4 is 4.74 Å². The molecule has 3 heterocycles. The van der Waals surface area contributed by atoms with Crippen LogP contribution in [-0.2, 0) is 6.18 Å². The van der Waals surface area contributed by atoms with Gasteiger partial charge in [-0.3, -0.25) is 4.79 Å². The van der Waals surface area contributed by atoms with Gasteiger partial charge in [-0.15, -0.1) is 0 Å². The zero-order valence-electron chi connectivity index (χ0n) is 17.9. The molecule has 3 aromatic rings. The van der Waals surface area contributed by atoms with Crippen LogP contribution in [0.15, 0.2) is 42.9 Å². The van der Waals surface area contributed by atoms with Crippen LogP contribution in [0.4, 0.5) is 22.0 Å². The number of carbonyl (C=O) groups is 1. The number of likely N-dealkylation sites (tertiary alicyclic amines) is 1. The highest BCUT2D eigenvalue weighted by atomic mass is 19.4. The average Bonchev–Trinajstić information content (AvgIpc) is 2.80. The van der Waals surface area contributed by atoms with Crippen LogP contribution in [0, 0.1) is 18.6 Å². The number of piperidine rings is 1. The highest BCUT2D eigenvalue weighted by Gasteiger charge is 2.32. The number of hydrogen-bond acceptors (Lipinski definition) is 5. The van der Waals surface area contributed by atoms with Gasteiger partial charge in [0.1, 0.15) is 11.9 Å². The molecule has 0 aliphatic carbocycles. The monoisotopic (exact) mass is 478 g/mol. The molecule has 1 saturated heterocycles. The van der Waals surface area contributed by atoms with E-state index in [-0.39, 0.29) is 34.9 Å². The standard InChI is InChI=1S/C23H19F5N4O2/c1-13-8-14(23(26,27)28)9-31-21(13)34-16-4-3-7-32(12-16)22(33)17-5-2-6-18(25)19(17)20-29-10-15(24)11-30-20/h2,5-6,8-11,16H,3-4,7,12H2,1H3/t16-/m1/s1. The van der Waals surface area contributed by atoms with E-state index in [4.69, 9.17) is 4.74 Å². The van der Waals surface area contributed by atoms with Gasteiger partial charge in [-0.2, -0.15) is 13.2 Å². The molecule has 1 aliphatic rings. The number of rotatable bonds is 4. The first-order valence-corrected chi connectivity index (χ1v) is 10.4. The largest absolute Gasteiger partial charge is 0.472 e. The van der Waals surface area contributed by atoms with Gasteiger partial charge in [0.15, 0.2) is 11.6 Å². The van der Waals surface area contributed by atoms with Crippen molar-refractivity contribution in [2.24, 2.45) is 0 Å². The summed E-state index contributed by atoms with van der Waals surface area (Å²) in [5.74, 6) is -1.99. The lowest BCUT2D eigenvalue weighted by Gasteiger charge is -2.33. The van der Waals surface area contributed by atoms with Crippen molar-refractivity contribution in [2.45, 2.75) is 32.0 Å². The van der Waals surface area contributed by atoms with Gasteiger partial charge in [0.2, 0.25) is 5.88 Å². The minimum absolute atomic E-state index is 0.0103. The molecule has 0 N–H and O–H groups in total. The zero-order valence-corrected chi connectivity index (χ0v) is 17.9. The summed E-state index contributed by atoms with van der Waals surface area (Å²) in [6.45, 7) is 1.96. The van der Waals surface area contributed by atoms with Crippen LogP contribution in [0.1, 0.15) is 34.3 Å². The number of hydrogen-bond donors (Lipinski definition) is 0. The molecule has 178 valence electrons. The molecule has 1 fully saturated rings. The maximum absolute atomic E-state index is 14.6. The summed E-state index contributed by atoms with van der Waals surface area (Å²) < 4.78 is 72.3. The quantitative estimate of drug-likeness (QED) is 0.503. The molecular formula is C23H19F5N4O2. The maximum atomic E-state index is 14.6. The minimum atomic E-state index is -4.51. The lowest BCUT2D eigenvalue weighted by Crippen LogP contribution is -2.44. The van der Waals surface area contributed by atoms with Gasteiger partial charge in [-0.05, 0) is 38.0 Å². The van der Waals surface area contributed by atoms with Gasteiger partial charge < -0.3 is 9.64 Å². The van der Waals surface area contributed by atoms with Gasteiger partial charge in [-0.25, -0.2) is 23.7 Å². The molecule has 4 rings (SSSR count). The van der Waals surface area contributed by atoms with Gasteiger partial charge in [0.05, 0.1) is 35.6 Å². The van der Waals surface area contributed by atoms with Gasteiger partial charge in [0.25, 0.3) is 5.91 Å². The smallest absolute Gasteiger partial charge is 0.417 e.